The van der Waals surface area contributed by atoms with Crippen molar-refractivity contribution in [3.05, 3.63) is 57.4 Å². The molecular formula is C24H27BrN2O4S. The first-order valence-electron chi connectivity index (χ1n) is 10.4. The van der Waals surface area contributed by atoms with Crippen LogP contribution >= 0.6 is 27.7 Å². The lowest BCUT2D eigenvalue weighted by molar-refractivity contribution is -0.122. The number of nitrogens with zero attached hydrogens (tertiary/aromatic N) is 1. The summed E-state index contributed by atoms with van der Waals surface area (Å²) < 4.78 is 11.6. The minimum Gasteiger partial charge on any atom is -0.496 e. The Morgan fingerprint density at radius 3 is 2.75 bits per heavy atom. The van der Waals surface area contributed by atoms with E-state index in [-0.39, 0.29) is 24.5 Å². The molecule has 2 aromatic carbocycles. The van der Waals surface area contributed by atoms with Crippen LogP contribution in [0.5, 0.6) is 5.75 Å². The van der Waals surface area contributed by atoms with E-state index in [4.69, 9.17) is 9.47 Å². The van der Waals surface area contributed by atoms with Crippen molar-refractivity contribution in [1.29, 1.82) is 0 Å². The highest BCUT2D eigenvalue weighted by Crippen LogP contribution is 2.42. The number of amides is 2. The molecule has 1 aliphatic heterocycles. The molecule has 0 saturated heterocycles. The number of hydrogen-bond acceptors (Lipinski definition) is 5. The molecule has 0 aromatic heterocycles. The second-order valence-corrected chi connectivity index (χ2v) is 9.42. The topological polar surface area (TPSA) is 67.9 Å². The molecule has 1 heterocycles. The van der Waals surface area contributed by atoms with Gasteiger partial charge in [-0.1, -0.05) is 30.0 Å². The average molecular weight is 519 g/mol. The number of para-hydroxylation sites is 1. The highest BCUT2D eigenvalue weighted by atomic mass is 79.9. The fourth-order valence-corrected chi connectivity index (χ4v) is 4.78. The number of nitrogens with one attached hydrogen (secondary N) is 1. The van der Waals surface area contributed by atoms with Crippen LogP contribution in [0.2, 0.25) is 0 Å². The van der Waals surface area contributed by atoms with E-state index in [9.17, 15) is 9.59 Å². The van der Waals surface area contributed by atoms with Gasteiger partial charge >= 0.3 is 0 Å². The third-order valence-electron chi connectivity index (χ3n) is 4.70. The number of ether oxygens (including phenoxy) is 2. The molecule has 8 heteroatoms. The third kappa shape index (κ3) is 6.37. The van der Waals surface area contributed by atoms with E-state index in [2.05, 4.69) is 21.2 Å². The zero-order chi connectivity index (χ0) is 23.1. The van der Waals surface area contributed by atoms with Crippen molar-refractivity contribution < 1.29 is 19.1 Å². The number of methoxy groups -OCH3 is 1. The fraction of sp³-hybridized carbons (Fsp3) is 0.333. The van der Waals surface area contributed by atoms with Crippen molar-refractivity contribution in [2.75, 3.05) is 31.7 Å². The lowest BCUT2D eigenvalue weighted by Gasteiger charge is -2.29. The minimum atomic E-state index is -0.198. The Kier molecular flexibility index (Phi) is 8.78. The molecule has 0 atom stereocenters. The van der Waals surface area contributed by atoms with Crippen LogP contribution in [0.3, 0.4) is 0 Å². The standard InChI is InChI=1S/C24H27BrN2O4S/c1-16(2)31-12-6-11-26-23(28)15-27-19-7-4-5-8-21(19)32-22(24(27)29)14-17-9-10-20(30-3)18(25)13-17/h4-5,7-10,13-14,16H,6,11-12,15H2,1-3H3,(H,26,28)/b22-14+. The molecular weight excluding hydrogens is 492 g/mol. The van der Waals surface area contributed by atoms with Crippen molar-refractivity contribution >= 4 is 51.3 Å². The van der Waals surface area contributed by atoms with E-state index in [0.717, 1.165) is 32.8 Å². The average Bonchev–Trinajstić information content (AvgIpc) is 2.76. The van der Waals surface area contributed by atoms with Crippen molar-refractivity contribution in [2.24, 2.45) is 0 Å². The van der Waals surface area contributed by atoms with Gasteiger partial charge in [0.1, 0.15) is 12.3 Å². The number of anilines is 1. The second-order valence-electron chi connectivity index (χ2n) is 7.49. The lowest BCUT2D eigenvalue weighted by Crippen LogP contribution is -2.43. The number of carbonyl (C=O) groups excluding carboxylic acids is 2. The summed E-state index contributed by atoms with van der Waals surface area (Å²) >= 11 is 4.89. The molecule has 6 nitrogen and oxygen atoms in total. The van der Waals surface area contributed by atoms with Crippen LogP contribution in [0.1, 0.15) is 25.8 Å². The number of rotatable bonds is 9. The van der Waals surface area contributed by atoms with Gasteiger partial charge in [-0.3, -0.25) is 14.5 Å². The minimum absolute atomic E-state index is 0.0366. The summed E-state index contributed by atoms with van der Waals surface area (Å²) in [6.45, 7) is 5.01. The van der Waals surface area contributed by atoms with Gasteiger partial charge in [-0.25, -0.2) is 0 Å². The Morgan fingerprint density at radius 2 is 2.03 bits per heavy atom. The van der Waals surface area contributed by atoms with E-state index < -0.39 is 0 Å². The van der Waals surface area contributed by atoms with Crippen LogP contribution in [0.15, 0.2) is 56.7 Å². The van der Waals surface area contributed by atoms with Crippen LogP contribution in [0.4, 0.5) is 5.69 Å². The number of hydrogen-bond donors (Lipinski definition) is 1. The predicted molar refractivity (Wildman–Crippen MR) is 132 cm³/mol. The summed E-state index contributed by atoms with van der Waals surface area (Å²) in [5.41, 5.74) is 1.61. The number of fused-ring (bicyclic) bond motifs is 1. The van der Waals surface area contributed by atoms with Crippen molar-refractivity contribution in [3.63, 3.8) is 0 Å². The highest BCUT2D eigenvalue weighted by molar-refractivity contribution is 9.10. The molecule has 0 radical (unpaired) electrons. The molecule has 0 spiro atoms. The second kappa shape index (κ2) is 11.5. The quantitative estimate of drug-likeness (QED) is 0.378. The number of halogens is 1. The maximum absolute atomic E-state index is 13.3. The fourth-order valence-electron chi connectivity index (χ4n) is 3.16. The molecule has 2 amide bonds. The molecule has 0 saturated carbocycles. The van der Waals surface area contributed by atoms with Gasteiger partial charge in [0.05, 0.1) is 28.3 Å². The summed E-state index contributed by atoms with van der Waals surface area (Å²) in [7, 11) is 1.61. The summed E-state index contributed by atoms with van der Waals surface area (Å²) in [4.78, 5) is 28.9. The van der Waals surface area contributed by atoms with E-state index in [1.165, 1.54) is 16.7 Å². The van der Waals surface area contributed by atoms with Crippen LogP contribution in [-0.4, -0.2) is 44.7 Å². The Hall–Kier alpha value is -2.29. The van der Waals surface area contributed by atoms with Gasteiger partial charge in [-0.15, -0.1) is 0 Å². The molecule has 3 rings (SSSR count). The first-order valence-corrected chi connectivity index (χ1v) is 12.0. The van der Waals surface area contributed by atoms with Gasteiger partial charge in [0, 0.05) is 18.0 Å². The number of benzene rings is 2. The molecule has 2 aromatic rings. The van der Waals surface area contributed by atoms with E-state index in [0.29, 0.717) is 18.1 Å². The van der Waals surface area contributed by atoms with Crippen LogP contribution in [0, 0.1) is 0 Å². The van der Waals surface area contributed by atoms with Gasteiger partial charge in [-0.2, -0.15) is 0 Å². The van der Waals surface area contributed by atoms with Crippen LogP contribution in [0.25, 0.3) is 6.08 Å². The Balaban J connectivity index is 1.75. The SMILES string of the molecule is COc1ccc(/C=C2/Sc3ccccc3N(CC(=O)NCCCOC(C)C)C2=O)cc1Br. The van der Waals surface area contributed by atoms with Crippen molar-refractivity contribution in [3.8, 4) is 5.75 Å². The summed E-state index contributed by atoms with van der Waals surface area (Å²) in [6.07, 6.45) is 2.73. The monoisotopic (exact) mass is 518 g/mol. The lowest BCUT2D eigenvalue weighted by atomic mass is 10.2. The normalized spacial score (nSPS) is 14.6. The third-order valence-corrected chi connectivity index (χ3v) is 6.40. The highest BCUT2D eigenvalue weighted by Gasteiger charge is 2.30. The smallest absolute Gasteiger partial charge is 0.265 e. The molecule has 0 aliphatic carbocycles. The molecule has 170 valence electrons. The first kappa shape index (κ1) is 24.4. The van der Waals surface area contributed by atoms with Crippen LogP contribution < -0.4 is 15.0 Å². The number of thioether (sulfide) groups is 1. The van der Waals surface area contributed by atoms with Crippen molar-refractivity contribution in [2.45, 2.75) is 31.3 Å². The molecule has 0 fully saturated rings. The van der Waals surface area contributed by atoms with E-state index in [1.807, 2.05) is 62.4 Å². The first-order chi connectivity index (χ1) is 15.4. The van der Waals surface area contributed by atoms with E-state index in [1.54, 1.807) is 7.11 Å². The Morgan fingerprint density at radius 1 is 1.25 bits per heavy atom. The zero-order valence-electron chi connectivity index (χ0n) is 18.4. The maximum atomic E-state index is 13.3. The van der Waals surface area contributed by atoms with Gasteiger partial charge in [0.15, 0.2) is 0 Å². The zero-order valence-corrected chi connectivity index (χ0v) is 20.8. The number of carbonyl (C=O) groups is 2. The Labute approximate surface area is 201 Å². The summed E-state index contributed by atoms with van der Waals surface area (Å²) in [5.74, 6) is 0.326. The molecule has 1 N–H and O–H groups in total. The largest absolute Gasteiger partial charge is 0.496 e. The Bertz CT molecular complexity index is 1010. The molecule has 0 bridgehead atoms. The maximum Gasteiger partial charge on any atom is 0.265 e. The van der Waals surface area contributed by atoms with Gasteiger partial charge in [-0.05, 0) is 72.1 Å². The van der Waals surface area contributed by atoms with Crippen molar-refractivity contribution in [1.82, 2.24) is 5.32 Å². The van der Waals surface area contributed by atoms with E-state index >= 15 is 0 Å². The summed E-state index contributed by atoms with van der Waals surface area (Å²) in [6, 6.07) is 13.3. The van der Waals surface area contributed by atoms with Gasteiger partial charge in [0.2, 0.25) is 5.91 Å². The molecule has 1 aliphatic rings. The summed E-state index contributed by atoms with van der Waals surface area (Å²) in [5, 5.41) is 2.88. The van der Waals surface area contributed by atoms with Crippen LogP contribution in [-0.2, 0) is 14.3 Å². The molecule has 32 heavy (non-hydrogen) atoms. The van der Waals surface area contributed by atoms with Gasteiger partial charge in [0.25, 0.3) is 5.91 Å². The molecule has 0 unspecified atom stereocenters. The van der Waals surface area contributed by atoms with Gasteiger partial charge < -0.3 is 14.8 Å². The predicted octanol–water partition coefficient (Wildman–Crippen LogP) is 4.87.